The molecule has 0 saturated carbocycles. The van der Waals surface area contributed by atoms with Crippen molar-refractivity contribution in [3.05, 3.63) is 45.4 Å². The largest absolute Gasteiger partial charge is 0.397 e. The molecule has 124 valence electrons. The second-order valence-corrected chi connectivity index (χ2v) is 6.43. The summed E-state index contributed by atoms with van der Waals surface area (Å²) in [5.74, 6) is 0. The van der Waals surface area contributed by atoms with Crippen molar-refractivity contribution in [2.45, 2.75) is 20.3 Å². The van der Waals surface area contributed by atoms with Crippen molar-refractivity contribution in [3.8, 4) is 11.1 Å². The van der Waals surface area contributed by atoms with Crippen LogP contribution in [0.1, 0.15) is 20.3 Å². The van der Waals surface area contributed by atoms with Crippen molar-refractivity contribution in [2.75, 3.05) is 24.2 Å². The molecule has 0 saturated heterocycles. The molecule has 0 aliphatic rings. The van der Waals surface area contributed by atoms with Gasteiger partial charge in [-0.2, -0.15) is 0 Å². The number of hydrogen-bond donors (Lipinski definition) is 2. The number of nitrogen functional groups attached to an aromatic ring is 1. The second kappa shape index (κ2) is 8.11. The highest BCUT2D eigenvalue weighted by Crippen LogP contribution is 2.39. The lowest BCUT2D eigenvalue weighted by Crippen LogP contribution is -2.30. The summed E-state index contributed by atoms with van der Waals surface area (Å²) in [6.45, 7) is 6.00. The van der Waals surface area contributed by atoms with Crippen LogP contribution in [-0.4, -0.2) is 18.1 Å². The highest BCUT2D eigenvalue weighted by molar-refractivity contribution is 6.38. The van der Waals surface area contributed by atoms with Crippen LogP contribution < -0.4 is 11.2 Å². The third-order valence-corrected chi connectivity index (χ3v) is 4.51. The Morgan fingerprint density at radius 2 is 1.74 bits per heavy atom. The molecule has 3 N–H and O–H groups in total. The Hall–Kier alpha value is -1.13. The summed E-state index contributed by atoms with van der Waals surface area (Å²) in [5, 5.41) is 3.70. The Bertz CT molecular complexity index is 689. The summed E-state index contributed by atoms with van der Waals surface area (Å²) in [4.78, 5) is 0. The molecular weight excluding hydrogens is 353 g/mol. The lowest BCUT2D eigenvalue weighted by Gasteiger charge is -2.23. The minimum absolute atomic E-state index is 0.504. The Morgan fingerprint density at radius 3 is 2.39 bits per heavy atom. The number of nitrogens with one attached hydrogen (secondary N) is 1. The van der Waals surface area contributed by atoms with Gasteiger partial charge in [-0.05, 0) is 24.6 Å². The number of para-hydroxylation sites is 1. The van der Waals surface area contributed by atoms with Crippen molar-refractivity contribution in [1.29, 1.82) is 0 Å². The summed E-state index contributed by atoms with van der Waals surface area (Å²) in [6, 6.07) is 9.13. The number of benzene rings is 2. The van der Waals surface area contributed by atoms with E-state index < -0.39 is 0 Å². The molecule has 0 aromatic heterocycles. The molecule has 0 atom stereocenters. The zero-order valence-corrected chi connectivity index (χ0v) is 15.4. The molecule has 2 rings (SSSR count). The van der Waals surface area contributed by atoms with Crippen LogP contribution in [0.25, 0.3) is 11.1 Å². The molecule has 2 aromatic rings. The van der Waals surface area contributed by atoms with Gasteiger partial charge in [0, 0.05) is 24.2 Å². The van der Waals surface area contributed by atoms with Gasteiger partial charge in [-0.15, -0.1) is 0 Å². The van der Waals surface area contributed by atoms with Crippen LogP contribution in [0.15, 0.2) is 30.3 Å². The number of hydrogen-bond acceptors (Lipinski definition) is 3. The number of halogens is 3. The van der Waals surface area contributed by atoms with E-state index in [1.54, 1.807) is 12.1 Å². The number of hydrazine groups is 1. The van der Waals surface area contributed by atoms with Crippen LogP contribution >= 0.6 is 34.8 Å². The molecule has 0 heterocycles. The first-order valence-electron chi connectivity index (χ1n) is 7.52. The molecule has 23 heavy (non-hydrogen) atoms. The summed E-state index contributed by atoms with van der Waals surface area (Å²) in [5.41, 5.74) is 12.3. The molecule has 3 nitrogen and oxygen atoms in total. The summed E-state index contributed by atoms with van der Waals surface area (Å²) < 4.78 is 0. The monoisotopic (exact) mass is 371 g/mol. The highest BCUT2D eigenvalue weighted by Gasteiger charge is 2.14. The van der Waals surface area contributed by atoms with E-state index in [4.69, 9.17) is 40.5 Å². The fourth-order valence-electron chi connectivity index (χ4n) is 2.35. The standard InChI is InChI=1S/C17H20Cl3N3/c1-3-8-23(4-2)22-16-9-12(14(19)10-15(16)20)11-6-5-7-13(18)17(11)21/h5-7,9-10,22H,3-4,8,21H2,1-2H3. The van der Waals surface area contributed by atoms with Gasteiger partial charge in [-0.1, -0.05) is 60.8 Å². The molecule has 0 spiro atoms. The minimum atomic E-state index is 0.504. The molecule has 0 fully saturated rings. The van der Waals surface area contributed by atoms with E-state index >= 15 is 0 Å². The molecular formula is C17H20Cl3N3. The topological polar surface area (TPSA) is 41.3 Å². The van der Waals surface area contributed by atoms with Crippen LogP contribution in [-0.2, 0) is 0 Å². The number of anilines is 2. The van der Waals surface area contributed by atoms with Crippen molar-refractivity contribution in [2.24, 2.45) is 0 Å². The zero-order valence-electron chi connectivity index (χ0n) is 13.2. The number of nitrogens with two attached hydrogens (primary N) is 1. The van der Waals surface area contributed by atoms with Gasteiger partial charge >= 0.3 is 0 Å². The molecule has 6 heteroatoms. The van der Waals surface area contributed by atoms with Crippen LogP contribution in [0.2, 0.25) is 15.1 Å². The average molecular weight is 373 g/mol. The van der Waals surface area contributed by atoms with Gasteiger partial charge in [0.25, 0.3) is 0 Å². The normalized spacial score (nSPS) is 11.0. The summed E-state index contributed by atoms with van der Waals surface area (Å²) >= 11 is 18.8. The third-order valence-electron chi connectivity index (χ3n) is 3.55. The Morgan fingerprint density at radius 1 is 1.00 bits per heavy atom. The van der Waals surface area contributed by atoms with Crippen LogP contribution in [0, 0.1) is 0 Å². The fourth-order valence-corrected chi connectivity index (χ4v) is 3.05. The maximum atomic E-state index is 6.37. The average Bonchev–Trinajstić information content (AvgIpc) is 2.52. The molecule has 0 bridgehead atoms. The lowest BCUT2D eigenvalue weighted by molar-refractivity contribution is 0.348. The minimum Gasteiger partial charge on any atom is -0.397 e. The maximum Gasteiger partial charge on any atom is 0.0683 e. The van der Waals surface area contributed by atoms with Gasteiger partial charge in [-0.3, -0.25) is 0 Å². The molecule has 0 radical (unpaired) electrons. The molecule has 0 aliphatic heterocycles. The van der Waals surface area contributed by atoms with Gasteiger partial charge in [-0.25, -0.2) is 5.01 Å². The summed E-state index contributed by atoms with van der Waals surface area (Å²) in [7, 11) is 0. The van der Waals surface area contributed by atoms with Gasteiger partial charge in [0.15, 0.2) is 0 Å². The summed E-state index contributed by atoms with van der Waals surface area (Å²) in [6.07, 6.45) is 1.04. The zero-order chi connectivity index (χ0) is 17.0. The first-order chi connectivity index (χ1) is 11.0. The predicted octanol–water partition coefficient (Wildman–Crippen LogP) is 5.95. The van der Waals surface area contributed by atoms with E-state index in [9.17, 15) is 0 Å². The van der Waals surface area contributed by atoms with Crippen LogP contribution in [0.5, 0.6) is 0 Å². The smallest absolute Gasteiger partial charge is 0.0683 e. The first-order valence-corrected chi connectivity index (χ1v) is 8.66. The van der Waals surface area contributed by atoms with E-state index in [1.165, 1.54) is 0 Å². The predicted molar refractivity (Wildman–Crippen MR) is 102 cm³/mol. The molecule has 2 aromatic carbocycles. The van der Waals surface area contributed by atoms with E-state index in [1.807, 2.05) is 18.2 Å². The SMILES string of the molecule is CCCN(CC)Nc1cc(-c2cccc(Cl)c2N)c(Cl)cc1Cl. The van der Waals surface area contributed by atoms with Gasteiger partial charge in [0.2, 0.25) is 0 Å². The van der Waals surface area contributed by atoms with E-state index in [-0.39, 0.29) is 0 Å². The van der Waals surface area contributed by atoms with E-state index in [2.05, 4.69) is 24.3 Å². The van der Waals surface area contributed by atoms with Gasteiger partial charge in [0.05, 0.1) is 26.4 Å². The third kappa shape index (κ3) is 4.24. The van der Waals surface area contributed by atoms with Crippen LogP contribution in [0.3, 0.4) is 0 Å². The van der Waals surface area contributed by atoms with Crippen molar-refractivity contribution >= 4 is 46.2 Å². The molecule has 0 unspecified atom stereocenters. The van der Waals surface area contributed by atoms with Crippen molar-refractivity contribution in [3.63, 3.8) is 0 Å². The molecule has 0 aliphatic carbocycles. The highest BCUT2D eigenvalue weighted by atomic mass is 35.5. The fraction of sp³-hybridized carbons (Fsp3) is 0.294. The Kier molecular flexibility index (Phi) is 6.42. The maximum absolute atomic E-state index is 6.37. The van der Waals surface area contributed by atoms with Gasteiger partial charge < -0.3 is 11.2 Å². The lowest BCUT2D eigenvalue weighted by atomic mass is 10.0. The quantitative estimate of drug-likeness (QED) is 0.486. The molecule has 0 amide bonds. The van der Waals surface area contributed by atoms with Gasteiger partial charge in [0.1, 0.15) is 0 Å². The van der Waals surface area contributed by atoms with Crippen molar-refractivity contribution < 1.29 is 0 Å². The Balaban J connectivity index is 2.45. The van der Waals surface area contributed by atoms with E-state index in [0.717, 1.165) is 36.3 Å². The number of nitrogens with zero attached hydrogens (tertiary/aromatic N) is 1. The van der Waals surface area contributed by atoms with E-state index in [0.29, 0.717) is 20.8 Å². The second-order valence-electron chi connectivity index (χ2n) is 5.20. The van der Waals surface area contributed by atoms with Crippen LogP contribution in [0.4, 0.5) is 11.4 Å². The Labute approximate surface area is 152 Å². The van der Waals surface area contributed by atoms with Crippen molar-refractivity contribution in [1.82, 2.24) is 5.01 Å². The first kappa shape index (κ1) is 18.2. The number of rotatable bonds is 6.